The van der Waals surface area contributed by atoms with Gasteiger partial charge in [-0.2, -0.15) is 9.57 Å². The first-order valence-electron chi connectivity index (χ1n) is 14.2. The van der Waals surface area contributed by atoms with E-state index in [1.807, 2.05) is 18.2 Å². The van der Waals surface area contributed by atoms with Crippen molar-refractivity contribution < 1.29 is 32.2 Å². The first kappa shape index (κ1) is 27.7. The molecule has 0 unspecified atom stereocenters. The number of sulfonamides is 1. The number of rotatable bonds is 6. The van der Waals surface area contributed by atoms with Crippen LogP contribution in [0, 0.1) is 11.3 Å². The van der Waals surface area contributed by atoms with Crippen LogP contribution in [0.5, 0.6) is 11.5 Å². The van der Waals surface area contributed by atoms with Crippen molar-refractivity contribution in [2.45, 2.75) is 59.8 Å². The fraction of sp³-hybridized carbons (Fsp3) is 0.375. The lowest BCUT2D eigenvalue weighted by molar-refractivity contribution is -0.186. The summed E-state index contributed by atoms with van der Waals surface area (Å²) in [5, 5.41) is 22.2. The minimum atomic E-state index is -4.05. The van der Waals surface area contributed by atoms with Crippen molar-refractivity contribution in [3.8, 4) is 17.6 Å². The minimum absolute atomic E-state index is 0.0231. The molecule has 2 bridgehead atoms. The monoisotopic (exact) mass is 601 g/mol. The summed E-state index contributed by atoms with van der Waals surface area (Å²) in [5.41, 5.74) is 0.348. The summed E-state index contributed by atoms with van der Waals surface area (Å²) in [6.45, 7) is 0.146. The summed E-state index contributed by atoms with van der Waals surface area (Å²) >= 11 is 0. The van der Waals surface area contributed by atoms with Crippen molar-refractivity contribution in [3.63, 3.8) is 0 Å². The zero-order valence-corrected chi connectivity index (χ0v) is 24.6. The number of amides is 1. The number of carbonyl (C=O) groups excluding carboxylic acids is 1. The standard InChI is InChI=1S/C32H31N3O7S/c1-34(27(36)9-6-20-11-15-41-19-20)24-10-12-32(37)26-17-22-7-8-25(40-2)29-28(22)31(32,30(24)42-29)13-14-35(26)43(38,39)23-5-3-4-21(16-23)18-33/h3-9,11,15-16,19,24,26,30,37H,10,12-14,17H2,1-2H3/b9-6-/t24-,26-,30+,31+,32-/m1/s1. The number of hydrogen-bond donors (Lipinski definition) is 1. The molecule has 1 saturated carbocycles. The molecule has 222 valence electrons. The lowest BCUT2D eigenvalue weighted by Gasteiger charge is -2.64. The van der Waals surface area contributed by atoms with E-state index in [1.165, 1.54) is 28.8 Å². The summed E-state index contributed by atoms with van der Waals surface area (Å²) in [6.07, 6.45) is 6.91. The van der Waals surface area contributed by atoms with Crippen LogP contribution in [0.25, 0.3) is 6.08 Å². The van der Waals surface area contributed by atoms with E-state index >= 15 is 0 Å². The van der Waals surface area contributed by atoms with Gasteiger partial charge in [-0.15, -0.1) is 0 Å². The molecule has 2 aliphatic carbocycles. The summed E-state index contributed by atoms with van der Waals surface area (Å²) in [5.74, 6) is 0.880. The van der Waals surface area contributed by atoms with E-state index in [0.717, 1.165) is 16.7 Å². The summed E-state index contributed by atoms with van der Waals surface area (Å²) in [7, 11) is -0.747. The van der Waals surface area contributed by atoms with E-state index in [1.54, 1.807) is 49.6 Å². The highest BCUT2D eigenvalue weighted by atomic mass is 32.2. The van der Waals surface area contributed by atoms with Crippen molar-refractivity contribution >= 4 is 22.0 Å². The van der Waals surface area contributed by atoms with Crippen LogP contribution in [0.4, 0.5) is 0 Å². The zero-order valence-electron chi connectivity index (χ0n) is 23.8. The Morgan fingerprint density at radius 3 is 2.84 bits per heavy atom. The number of piperidine rings is 1. The van der Waals surface area contributed by atoms with Crippen molar-refractivity contribution in [3.05, 3.63) is 83.3 Å². The van der Waals surface area contributed by atoms with E-state index in [0.29, 0.717) is 30.8 Å². The highest BCUT2D eigenvalue weighted by molar-refractivity contribution is 7.89. The first-order valence-corrected chi connectivity index (χ1v) is 15.7. The number of aliphatic hydroxyl groups is 1. The van der Waals surface area contributed by atoms with Gasteiger partial charge in [0.05, 0.1) is 59.3 Å². The fourth-order valence-corrected chi connectivity index (χ4v) is 9.71. The van der Waals surface area contributed by atoms with Gasteiger partial charge in [-0.25, -0.2) is 8.42 Å². The Labute approximate surface area is 249 Å². The molecular formula is C32H31N3O7S. The number of furan rings is 1. The van der Waals surface area contributed by atoms with Gasteiger partial charge < -0.3 is 23.9 Å². The number of methoxy groups -OCH3 is 1. The molecule has 2 aliphatic heterocycles. The van der Waals surface area contributed by atoms with Crippen LogP contribution in [0.2, 0.25) is 0 Å². The molecule has 10 nitrogen and oxygen atoms in total. The predicted octanol–water partition coefficient (Wildman–Crippen LogP) is 3.24. The molecule has 2 fully saturated rings. The molecule has 1 amide bonds. The van der Waals surface area contributed by atoms with Gasteiger partial charge in [0.2, 0.25) is 15.9 Å². The van der Waals surface area contributed by atoms with E-state index < -0.39 is 33.2 Å². The fourth-order valence-electron chi connectivity index (χ4n) is 7.99. The maximum Gasteiger partial charge on any atom is 0.246 e. The normalized spacial score (nSPS) is 29.0. The molecular weight excluding hydrogens is 570 g/mol. The van der Waals surface area contributed by atoms with Crippen molar-refractivity contribution in [1.82, 2.24) is 9.21 Å². The molecule has 3 aromatic rings. The molecule has 1 N–H and O–H groups in total. The first-order chi connectivity index (χ1) is 20.7. The molecule has 3 heterocycles. The molecule has 43 heavy (non-hydrogen) atoms. The Balaban J connectivity index is 1.32. The van der Waals surface area contributed by atoms with Gasteiger partial charge in [-0.3, -0.25) is 4.79 Å². The molecule has 7 rings (SSSR count). The Hall–Kier alpha value is -4.11. The second-order valence-electron chi connectivity index (χ2n) is 11.7. The Morgan fingerprint density at radius 2 is 2.09 bits per heavy atom. The van der Waals surface area contributed by atoms with Gasteiger partial charge >= 0.3 is 0 Å². The van der Waals surface area contributed by atoms with Crippen LogP contribution in [-0.4, -0.2) is 73.1 Å². The molecule has 1 spiro atoms. The second kappa shape index (κ2) is 9.71. The van der Waals surface area contributed by atoms with Gasteiger partial charge in [0.25, 0.3) is 0 Å². The summed E-state index contributed by atoms with van der Waals surface area (Å²) < 4.78 is 47.1. The maximum absolute atomic E-state index is 14.1. The third-order valence-electron chi connectivity index (χ3n) is 9.96. The molecule has 1 saturated heterocycles. The molecule has 2 aromatic carbocycles. The average Bonchev–Trinajstić information content (AvgIpc) is 3.65. The number of hydrogen-bond acceptors (Lipinski definition) is 8. The highest BCUT2D eigenvalue weighted by Gasteiger charge is 2.74. The van der Waals surface area contributed by atoms with Crippen LogP contribution in [-0.2, 0) is 26.7 Å². The van der Waals surface area contributed by atoms with Crippen LogP contribution in [0.3, 0.4) is 0 Å². The zero-order chi connectivity index (χ0) is 30.1. The largest absolute Gasteiger partial charge is 0.493 e. The Morgan fingerprint density at radius 1 is 1.26 bits per heavy atom. The number of carbonyl (C=O) groups is 1. The lowest BCUT2D eigenvalue weighted by Crippen LogP contribution is -2.78. The van der Waals surface area contributed by atoms with E-state index in [2.05, 4.69) is 0 Å². The molecule has 4 aliphatic rings. The van der Waals surface area contributed by atoms with Gasteiger partial charge in [-0.1, -0.05) is 12.1 Å². The molecule has 1 aromatic heterocycles. The molecule has 11 heteroatoms. The van der Waals surface area contributed by atoms with E-state index in [4.69, 9.17) is 13.9 Å². The van der Waals surface area contributed by atoms with Crippen LogP contribution < -0.4 is 9.47 Å². The number of benzene rings is 2. The topological polar surface area (TPSA) is 133 Å². The van der Waals surface area contributed by atoms with Crippen molar-refractivity contribution in [2.24, 2.45) is 0 Å². The van der Waals surface area contributed by atoms with E-state index in [-0.39, 0.29) is 35.4 Å². The van der Waals surface area contributed by atoms with Gasteiger partial charge in [0.15, 0.2) is 11.5 Å². The van der Waals surface area contributed by atoms with Gasteiger partial charge in [-0.05, 0) is 67.7 Å². The third-order valence-corrected chi connectivity index (χ3v) is 11.9. The maximum atomic E-state index is 14.1. The van der Waals surface area contributed by atoms with Crippen LogP contribution >= 0.6 is 0 Å². The molecule has 5 atom stereocenters. The quantitative estimate of drug-likeness (QED) is 0.426. The number of ether oxygens (including phenoxy) is 2. The van der Waals surface area contributed by atoms with Gasteiger partial charge in [0, 0.05) is 30.8 Å². The lowest BCUT2D eigenvalue weighted by atomic mass is 9.48. The average molecular weight is 602 g/mol. The second-order valence-corrected chi connectivity index (χ2v) is 13.6. The third kappa shape index (κ3) is 3.76. The minimum Gasteiger partial charge on any atom is -0.493 e. The predicted molar refractivity (Wildman–Crippen MR) is 155 cm³/mol. The Kier molecular flexibility index (Phi) is 6.25. The number of nitriles is 1. The number of nitrogens with zero attached hydrogens (tertiary/aromatic N) is 3. The highest BCUT2D eigenvalue weighted by Crippen LogP contribution is 2.66. The van der Waals surface area contributed by atoms with Crippen LogP contribution in [0.15, 0.2) is 70.4 Å². The number of likely N-dealkylation sites (N-methyl/N-ethyl adjacent to an activating group) is 1. The SMILES string of the molecule is COc1ccc2c3c1O[C@H]1[C@H](N(C)C(=O)/C=C\c4ccoc4)CC[C@@]4(O)[C@@H](C2)N(S(=O)(=O)c2cccc(C#N)c2)CC[C@]314. The summed E-state index contributed by atoms with van der Waals surface area (Å²) in [4.78, 5) is 15.1. The molecule has 0 radical (unpaired) electrons. The summed E-state index contributed by atoms with van der Waals surface area (Å²) in [6, 6.07) is 12.3. The van der Waals surface area contributed by atoms with Crippen molar-refractivity contribution in [2.75, 3.05) is 20.7 Å². The Bertz CT molecular complexity index is 1800. The van der Waals surface area contributed by atoms with Crippen molar-refractivity contribution in [1.29, 1.82) is 5.26 Å². The van der Waals surface area contributed by atoms with Crippen LogP contribution in [0.1, 0.15) is 41.5 Å². The van der Waals surface area contributed by atoms with Gasteiger partial charge in [0.1, 0.15) is 6.10 Å². The van der Waals surface area contributed by atoms with E-state index in [9.17, 15) is 23.6 Å². The smallest absolute Gasteiger partial charge is 0.246 e.